The maximum Gasteiger partial charge on any atom is 0.405 e. The lowest BCUT2D eigenvalue weighted by Gasteiger charge is -2.50. The second kappa shape index (κ2) is 11.9. The van der Waals surface area contributed by atoms with Crippen molar-refractivity contribution in [2.45, 2.75) is 43.9 Å². The number of rotatable bonds is 11. The lowest BCUT2D eigenvalue weighted by molar-refractivity contribution is -0.150. The van der Waals surface area contributed by atoms with E-state index in [0.29, 0.717) is 39.0 Å². The summed E-state index contributed by atoms with van der Waals surface area (Å²) in [6.45, 7) is 1.14. The number of fused-ring (bicyclic) bond motifs is 1. The van der Waals surface area contributed by atoms with Crippen LogP contribution in [0, 0.1) is 0 Å². The first kappa shape index (κ1) is 27.5. The van der Waals surface area contributed by atoms with Crippen LogP contribution in [-0.4, -0.2) is 71.0 Å². The van der Waals surface area contributed by atoms with E-state index in [1.807, 2.05) is 16.3 Å². The maximum absolute atomic E-state index is 13.7. The zero-order chi connectivity index (χ0) is 26.5. The van der Waals surface area contributed by atoms with Gasteiger partial charge in [0, 0.05) is 61.7 Å². The molecule has 1 aliphatic heterocycles. The summed E-state index contributed by atoms with van der Waals surface area (Å²) in [4.78, 5) is 34.3. The molecule has 3 aromatic rings. The van der Waals surface area contributed by atoms with Gasteiger partial charge in [0.1, 0.15) is 12.1 Å². The Morgan fingerprint density at radius 1 is 1.22 bits per heavy atom. The van der Waals surface area contributed by atoms with Gasteiger partial charge in [0.2, 0.25) is 11.8 Å². The second-order valence-corrected chi connectivity index (χ2v) is 11.7. The Morgan fingerprint density at radius 2 is 2.05 bits per heavy atom. The SMILES string of the molecule is NC(=O)CCCCN1CCN(Cc2cc3ccsc3s2)CC1(Cc1cccnc1)C(=O)NCC(F)(F)F. The van der Waals surface area contributed by atoms with Crippen molar-refractivity contribution in [1.29, 1.82) is 0 Å². The van der Waals surface area contributed by atoms with Crippen LogP contribution in [0.2, 0.25) is 0 Å². The predicted molar refractivity (Wildman–Crippen MR) is 139 cm³/mol. The van der Waals surface area contributed by atoms with Crippen LogP contribution < -0.4 is 11.1 Å². The number of nitrogens with two attached hydrogens (primary N) is 1. The third-order valence-corrected chi connectivity index (χ3v) is 8.74. The molecule has 3 N–H and O–H groups in total. The van der Waals surface area contributed by atoms with E-state index in [1.54, 1.807) is 41.1 Å². The van der Waals surface area contributed by atoms with Gasteiger partial charge in [-0.05, 0) is 48.5 Å². The van der Waals surface area contributed by atoms with Gasteiger partial charge in [-0.2, -0.15) is 13.2 Å². The Labute approximate surface area is 221 Å². The number of primary amides is 1. The predicted octanol–water partition coefficient (Wildman–Crippen LogP) is 3.79. The monoisotopic (exact) mass is 553 g/mol. The molecule has 3 aromatic heterocycles. The van der Waals surface area contributed by atoms with Crippen LogP contribution in [0.5, 0.6) is 0 Å². The van der Waals surface area contributed by atoms with E-state index >= 15 is 0 Å². The van der Waals surface area contributed by atoms with Crippen LogP contribution in [0.1, 0.15) is 29.7 Å². The lowest BCUT2D eigenvalue weighted by atomic mass is 9.85. The van der Waals surface area contributed by atoms with E-state index in [2.05, 4.69) is 27.3 Å². The van der Waals surface area contributed by atoms with Crippen LogP contribution in [0.4, 0.5) is 13.2 Å². The van der Waals surface area contributed by atoms with Crippen molar-refractivity contribution in [3.63, 3.8) is 0 Å². The average molecular weight is 554 g/mol. The van der Waals surface area contributed by atoms with Crippen molar-refractivity contribution in [2.24, 2.45) is 5.73 Å². The molecule has 12 heteroatoms. The van der Waals surface area contributed by atoms with Gasteiger partial charge in [-0.15, -0.1) is 22.7 Å². The molecule has 0 aromatic carbocycles. The van der Waals surface area contributed by atoms with Crippen molar-refractivity contribution in [2.75, 3.05) is 32.7 Å². The average Bonchev–Trinajstić information content (AvgIpc) is 3.43. The second-order valence-electron chi connectivity index (χ2n) is 9.36. The zero-order valence-electron chi connectivity index (χ0n) is 20.3. The van der Waals surface area contributed by atoms with Crippen LogP contribution in [0.3, 0.4) is 0 Å². The number of nitrogens with one attached hydrogen (secondary N) is 1. The number of carbonyl (C=O) groups excluding carboxylic acids is 2. The zero-order valence-corrected chi connectivity index (χ0v) is 21.9. The Hall–Kier alpha value is -2.54. The van der Waals surface area contributed by atoms with Gasteiger partial charge in [-0.25, -0.2) is 0 Å². The molecule has 2 amide bonds. The molecule has 4 heterocycles. The fourth-order valence-corrected chi connectivity index (χ4v) is 7.05. The molecule has 1 fully saturated rings. The van der Waals surface area contributed by atoms with Gasteiger partial charge in [-0.1, -0.05) is 6.07 Å². The van der Waals surface area contributed by atoms with E-state index in [-0.39, 0.29) is 19.4 Å². The molecular weight excluding hydrogens is 523 g/mol. The van der Waals surface area contributed by atoms with Gasteiger partial charge >= 0.3 is 6.18 Å². The van der Waals surface area contributed by atoms with Gasteiger partial charge in [0.05, 0.1) is 4.01 Å². The Bertz CT molecular complexity index is 1170. The molecule has 1 atom stereocenters. The number of hydrogen-bond donors (Lipinski definition) is 2. The van der Waals surface area contributed by atoms with Crippen LogP contribution in [0.25, 0.3) is 9.40 Å². The number of amides is 2. The van der Waals surface area contributed by atoms with E-state index in [0.717, 1.165) is 10.4 Å². The number of halogens is 3. The number of alkyl halides is 3. The van der Waals surface area contributed by atoms with Crippen molar-refractivity contribution in [3.8, 4) is 0 Å². The molecule has 0 spiro atoms. The molecule has 0 aliphatic carbocycles. The molecule has 1 aliphatic rings. The van der Waals surface area contributed by atoms with E-state index in [9.17, 15) is 22.8 Å². The number of thiophene rings is 2. The highest BCUT2D eigenvalue weighted by Crippen LogP contribution is 2.33. The first-order valence-corrected chi connectivity index (χ1v) is 13.8. The molecule has 4 rings (SSSR count). The quantitative estimate of drug-likeness (QED) is 0.353. The van der Waals surface area contributed by atoms with E-state index in [4.69, 9.17) is 5.73 Å². The van der Waals surface area contributed by atoms with Crippen molar-refractivity contribution in [1.82, 2.24) is 20.1 Å². The van der Waals surface area contributed by atoms with Gasteiger partial charge in [-0.3, -0.25) is 24.4 Å². The highest BCUT2D eigenvalue weighted by atomic mass is 32.2. The summed E-state index contributed by atoms with van der Waals surface area (Å²) in [5.41, 5.74) is 4.81. The van der Waals surface area contributed by atoms with Crippen molar-refractivity contribution in [3.05, 3.63) is 52.5 Å². The fourth-order valence-electron chi connectivity index (χ4n) is 4.85. The first-order valence-electron chi connectivity index (χ1n) is 12.1. The Kier molecular flexibility index (Phi) is 8.83. The summed E-state index contributed by atoms with van der Waals surface area (Å²) >= 11 is 3.38. The van der Waals surface area contributed by atoms with Crippen LogP contribution in [0.15, 0.2) is 42.0 Å². The van der Waals surface area contributed by atoms with E-state index < -0.39 is 30.1 Å². The number of hydrogen-bond acceptors (Lipinski definition) is 7. The summed E-state index contributed by atoms with van der Waals surface area (Å²) in [7, 11) is 0. The standard InChI is InChI=1S/C25H30F3N5O2S2/c26-25(27,28)16-31-23(35)24(13-18-4-3-7-30-14-18)17-32(9-10-33(24)8-2-1-5-21(29)34)15-20-12-19-6-11-36-22(19)37-20/h3-4,6-7,11-12,14H,1-2,5,8-10,13,15-17H2,(H2,29,34)(H,31,35). The van der Waals surface area contributed by atoms with E-state index in [1.165, 1.54) is 9.40 Å². The molecule has 0 saturated carbocycles. The lowest BCUT2D eigenvalue weighted by Crippen LogP contribution is -2.70. The first-order chi connectivity index (χ1) is 17.6. The third-order valence-electron chi connectivity index (χ3n) is 6.55. The topological polar surface area (TPSA) is 91.6 Å². The summed E-state index contributed by atoms with van der Waals surface area (Å²) in [5.74, 6) is -1.05. The highest BCUT2D eigenvalue weighted by Gasteiger charge is 2.48. The summed E-state index contributed by atoms with van der Waals surface area (Å²) in [5, 5.41) is 5.40. The van der Waals surface area contributed by atoms with Gasteiger partial charge < -0.3 is 11.1 Å². The van der Waals surface area contributed by atoms with Gasteiger partial charge in [0.15, 0.2) is 0 Å². The molecule has 200 valence electrons. The van der Waals surface area contributed by atoms with Crippen LogP contribution in [-0.2, 0) is 22.6 Å². The number of unbranched alkanes of at least 4 members (excludes halogenated alkanes) is 1. The molecule has 1 unspecified atom stereocenters. The van der Waals surface area contributed by atoms with Crippen LogP contribution >= 0.6 is 22.7 Å². The molecule has 0 bridgehead atoms. The number of pyridine rings is 1. The molecule has 7 nitrogen and oxygen atoms in total. The Morgan fingerprint density at radius 3 is 2.76 bits per heavy atom. The fraction of sp³-hybridized carbons (Fsp3) is 0.480. The molecule has 0 radical (unpaired) electrons. The van der Waals surface area contributed by atoms with Crippen molar-refractivity contribution >= 4 is 43.9 Å². The summed E-state index contributed by atoms with van der Waals surface area (Å²) in [6, 6.07) is 7.80. The normalized spacial score (nSPS) is 19.3. The van der Waals surface area contributed by atoms with Gasteiger partial charge in [0.25, 0.3) is 0 Å². The number of aromatic nitrogens is 1. The summed E-state index contributed by atoms with van der Waals surface area (Å²) < 4.78 is 40.5. The molecule has 1 saturated heterocycles. The third kappa shape index (κ3) is 7.28. The largest absolute Gasteiger partial charge is 0.405 e. The number of nitrogens with zero attached hydrogens (tertiary/aromatic N) is 3. The number of carbonyl (C=O) groups is 2. The highest BCUT2D eigenvalue weighted by molar-refractivity contribution is 7.37. The summed E-state index contributed by atoms with van der Waals surface area (Å²) in [6.07, 6.45) is 0.351. The van der Waals surface area contributed by atoms with Crippen molar-refractivity contribution < 1.29 is 22.8 Å². The smallest absolute Gasteiger partial charge is 0.370 e. The maximum atomic E-state index is 13.7. The Balaban J connectivity index is 1.61. The number of piperazine rings is 1. The molecular formula is C25H30F3N5O2S2. The molecule has 37 heavy (non-hydrogen) atoms. The minimum Gasteiger partial charge on any atom is -0.370 e. The minimum atomic E-state index is -4.52. The minimum absolute atomic E-state index is 0.219.